The molecular weight excluding hydrogens is 306 g/mol. The predicted octanol–water partition coefficient (Wildman–Crippen LogP) is 2.41. The van der Waals surface area contributed by atoms with Gasteiger partial charge in [0.15, 0.2) is 0 Å². The summed E-state index contributed by atoms with van der Waals surface area (Å²) in [7, 11) is -3.92. The number of ether oxygens (including phenoxy) is 2. The van der Waals surface area contributed by atoms with Crippen LogP contribution in [0.5, 0.6) is 5.75 Å². The summed E-state index contributed by atoms with van der Waals surface area (Å²) >= 11 is 0. The normalized spacial score (nSPS) is 10.7. The summed E-state index contributed by atoms with van der Waals surface area (Å²) in [5.74, 6) is 0.890. The standard InChI is InChI=1S/C14H23NO2.CH4O3S/c1-2-10-16-11-4-3-5-12-17-14-8-6-13(15)7-9-14;1-5(2,3)4/h6-9H,2-5,10-12,15H2,1H3;1H3,(H,2,3,4)/p-1. The molecule has 0 aliphatic carbocycles. The average Bonchev–Trinajstić information content (AvgIpc) is 2.42. The van der Waals surface area contributed by atoms with Crippen LogP contribution in [0, 0.1) is 0 Å². The Morgan fingerprint density at radius 3 is 2.14 bits per heavy atom. The number of nitrogens with two attached hydrogens (primary N) is 1. The molecule has 1 aromatic carbocycles. The minimum Gasteiger partial charge on any atom is -0.748 e. The van der Waals surface area contributed by atoms with Gasteiger partial charge >= 0.3 is 0 Å². The Morgan fingerprint density at radius 2 is 1.59 bits per heavy atom. The van der Waals surface area contributed by atoms with Crippen LogP contribution in [0.2, 0.25) is 0 Å². The van der Waals surface area contributed by atoms with Gasteiger partial charge in [-0.2, -0.15) is 0 Å². The lowest BCUT2D eigenvalue weighted by molar-refractivity contribution is 0.129. The van der Waals surface area contributed by atoms with Crippen molar-refractivity contribution in [2.45, 2.75) is 32.6 Å². The first-order chi connectivity index (χ1) is 10.3. The van der Waals surface area contributed by atoms with Gasteiger partial charge in [-0.3, -0.25) is 0 Å². The summed E-state index contributed by atoms with van der Waals surface area (Å²) in [4.78, 5) is 0. The molecule has 1 rings (SSSR count). The van der Waals surface area contributed by atoms with Gasteiger partial charge in [0.25, 0.3) is 0 Å². The highest BCUT2D eigenvalue weighted by molar-refractivity contribution is 7.84. The molecule has 0 unspecified atom stereocenters. The Morgan fingerprint density at radius 1 is 1.05 bits per heavy atom. The van der Waals surface area contributed by atoms with Crippen molar-refractivity contribution >= 4 is 15.8 Å². The van der Waals surface area contributed by atoms with E-state index in [1.807, 2.05) is 24.3 Å². The molecule has 0 bridgehead atoms. The molecule has 6 nitrogen and oxygen atoms in total. The molecule has 1 aromatic rings. The summed E-state index contributed by atoms with van der Waals surface area (Å²) in [6, 6.07) is 7.52. The summed E-state index contributed by atoms with van der Waals surface area (Å²) < 4.78 is 38.2. The molecule has 0 heterocycles. The first kappa shape index (κ1) is 20.7. The summed E-state index contributed by atoms with van der Waals surface area (Å²) in [5, 5.41) is 0. The van der Waals surface area contributed by atoms with Crippen LogP contribution in [-0.4, -0.2) is 39.0 Å². The fraction of sp³-hybridized carbons (Fsp3) is 0.600. The lowest BCUT2D eigenvalue weighted by Gasteiger charge is -2.06. The third-order valence-electron chi connectivity index (χ3n) is 2.43. The number of rotatable bonds is 9. The van der Waals surface area contributed by atoms with E-state index < -0.39 is 10.1 Å². The van der Waals surface area contributed by atoms with Crippen molar-refractivity contribution in [3.05, 3.63) is 24.3 Å². The zero-order chi connectivity index (χ0) is 16.8. The highest BCUT2D eigenvalue weighted by atomic mass is 32.2. The maximum Gasteiger partial charge on any atom is 0.119 e. The molecule has 128 valence electrons. The highest BCUT2D eigenvalue weighted by Gasteiger charge is 1.94. The Bertz CT molecular complexity index is 465. The number of nitrogen functional groups attached to an aromatic ring is 1. The maximum atomic E-state index is 9.08. The van der Waals surface area contributed by atoms with Crippen LogP contribution in [0.15, 0.2) is 24.3 Å². The van der Waals surface area contributed by atoms with Crippen molar-refractivity contribution in [1.82, 2.24) is 0 Å². The van der Waals surface area contributed by atoms with E-state index >= 15 is 0 Å². The molecule has 2 N–H and O–H groups in total. The molecule has 22 heavy (non-hydrogen) atoms. The molecule has 0 fully saturated rings. The molecule has 7 heteroatoms. The lowest BCUT2D eigenvalue weighted by atomic mass is 10.2. The van der Waals surface area contributed by atoms with Crippen LogP contribution in [-0.2, 0) is 14.9 Å². The summed E-state index contributed by atoms with van der Waals surface area (Å²) in [6.45, 7) is 4.63. The van der Waals surface area contributed by atoms with E-state index in [2.05, 4.69) is 6.92 Å². The van der Waals surface area contributed by atoms with Crippen LogP contribution in [0.3, 0.4) is 0 Å². The van der Waals surface area contributed by atoms with Gasteiger partial charge in [-0.15, -0.1) is 0 Å². The molecule has 0 saturated carbocycles. The van der Waals surface area contributed by atoms with Crippen molar-refractivity contribution in [2.75, 3.05) is 31.8 Å². The largest absolute Gasteiger partial charge is 0.748 e. The van der Waals surface area contributed by atoms with Crippen LogP contribution in [0.25, 0.3) is 0 Å². The number of hydrogen-bond donors (Lipinski definition) is 1. The van der Waals surface area contributed by atoms with Crippen molar-refractivity contribution in [2.24, 2.45) is 0 Å². The third-order valence-corrected chi connectivity index (χ3v) is 2.43. The van der Waals surface area contributed by atoms with Gasteiger partial charge in [0, 0.05) is 25.2 Å². The van der Waals surface area contributed by atoms with Gasteiger partial charge in [-0.25, -0.2) is 8.42 Å². The molecule has 0 aliphatic rings. The second-order valence-electron chi connectivity index (χ2n) is 4.79. The Kier molecular flexibility index (Phi) is 11.5. The first-order valence-corrected chi connectivity index (χ1v) is 9.11. The highest BCUT2D eigenvalue weighted by Crippen LogP contribution is 2.13. The average molecular weight is 332 g/mol. The van der Waals surface area contributed by atoms with Crippen LogP contribution >= 0.6 is 0 Å². The maximum absolute atomic E-state index is 9.08. The van der Waals surface area contributed by atoms with Crippen LogP contribution in [0.4, 0.5) is 5.69 Å². The van der Waals surface area contributed by atoms with E-state index in [0.717, 1.165) is 56.9 Å². The Hall–Kier alpha value is -1.31. The van der Waals surface area contributed by atoms with Crippen molar-refractivity contribution in [3.8, 4) is 5.75 Å². The Labute approximate surface area is 133 Å². The molecule has 0 amide bonds. The molecule has 0 atom stereocenters. The van der Waals surface area contributed by atoms with Gasteiger partial charge in [0.2, 0.25) is 0 Å². The van der Waals surface area contributed by atoms with E-state index in [9.17, 15) is 0 Å². The number of anilines is 1. The van der Waals surface area contributed by atoms with Gasteiger partial charge in [0.1, 0.15) is 5.75 Å². The van der Waals surface area contributed by atoms with Crippen molar-refractivity contribution in [1.29, 1.82) is 0 Å². The van der Waals surface area contributed by atoms with Crippen molar-refractivity contribution in [3.63, 3.8) is 0 Å². The van der Waals surface area contributed by atoms with E-state index in [0.29, 0.717) is 6.26 Å². The van der Waals surface area contributed by atoms with E-state index in [-0.39, 0.29) is 0 Å². The monoisotopic (exact) mass is 332 g/mol. The smallest absolute Gasteiger partial charge is 0.119 e. The van der Waals surface area contributed by atoms with E-state index in [1.165, 1.54) is 0 Å². The van der Waals surface area contributed by atoms with Crippen molar-refractivity contribution < 1.29 is 22.4 Å². The van der Waals surface area contributed by atoms with Crippen LogP contribution in [0.1, 0.15) is 32.6 Å². The Balaban J connectivity index is 0.000000763. The molecule has 0 aliphatic heterocycles. The second kappa shape index (κ2) is 12.3. The fourth-order valence-corrected chi connectivity index (χ4v) is 1.48. The summed E-state index contributed by atoms with van der Waals surface area (Å²) in [6.07, 6.45) is 5.04. The van der Waals surface area contributed by atoms with Gasteiger partial charge < -0.3 is 19.8 Å². The van der Waals surface area contributed by atoms with Gasteiger partial charge in [-0.1, -0.05) is 6.92 Å². The molecular formula is C15H26NO5S-. The molecule has 0 spiro atoms. The quantitative estimate of drug-likeness (QED) is 0.423. The molecule has 0 radical (unpaired) electrons. The van der Waals surface area contributed by atoms with Crippen LogP contribution < -0.4 is 10.5 Å². The summed E-state index contributed by atoms with van der Waals surface area (Å²) in [5.41, 5.74) is 6.36. The minimum atomic E-state index is -3.92. The lowest BCUT2D eigenvalue weighted by Crippen LogP contribution is -2.00. The molecule has 0 aromatic heterocycles. The van der Waals surface area contributed by atoms with Gasteiger partial charge in [0.05, 0.1) is 16.7 Å². The second-order valence-corrected chi connectivity index (χ2v) is 6.20. The molecule has 0 saturated heterocycles. The van der Waals surface area contributed by atoms with Gasteiger partial charge in [-0.05, 0) is 49.9 Å². The number of unbranched alkanes of at least 4 members (excludes halogenated alkanes) is 2. The zero-order valence-electron chi connectivity index (χ0n) is 13.3. The topological polar surface area (TPSA) is 102 Å². The zero-order valence-corrected chi connectivity index (χ0v) is 14.1. The first-order valence-electron chi connectivity index (χ1n) is 7.30. The number of hydrogen-bond acceptors (Lipinski definition) is 6. The SMILES string of the molecule is CCCOCCCCCOc1ccc(N)cc1.CS(=O)(=O)[O-]. The fourth-order valence-electron chi connectivity index (χ4n) is 1.48. The minimum absolute atomic E-state index is 0.604. The number of benzene rings is 1. The van der Waals surface area contributed by atoms with E-state index in [4.69, 9.17) is 28.2 Å². The predicted molar refractivity (Wildman–Crippen MR) is 86.9 cm³/mol. The van der Waals surface area contributed by atoms with E-state index in [1.54, 1.807) is 0 Å². The third kappa shape index (κ3) is 16.7.